The van der Waals surface area contributed by atoms with Gasteiger partial charge in [0.2, 0.25) is 5.43 Å². The number of halogens is 1. The van der Waals surface area contributed by atoms with Gasteiger partial charge < -0.3 is 34.5 Å². The van der Waals surface area contributed by atoms with E-state index < -0.39 is 17.2 Å². The third kappa shape index (κ3) is 5.58. The van der Waals surface area contributed by atoms with E-state index in [0.717, 1.165) is 13.1 Å². The number of rotatable bonds is 7. The summed E-state index contributed by atoms with van der Waals surface area (Å²) < 4.78 is 28.9. The lowest BCUT2D eigenvalue weighted by Crippen LogP contribution is -2.45. The van der Waals surface area contributed by atoms with Crippen molar-refractivity contribution in [3.8, 4) is 11.5 Å². The molecule has 0 radical (unpaired) electrons. The molecule has 44 heavy (non-hydrogen) atoms. The summed E-state index contributed by atoms with van der Waals surface area (Å²) in [5.74, 6) is -0.442. The zero-order valence-corrected chi connectivity index (χ0v) is 24.9. The smallest absolute Gasteiger partial charge is 0.261 e. The number of anilines is 3. The van der Waals surface area contributed by atoms with Crippen LogP contribution in [0.3, 0.4) is 0 Å². The second-order valence-corrected chi connectivity index (χ2v) is 11.1. The van der Waals surface area contributed by atoms with Crippen molar-refractivity contribution in [3.63, 3.8) is 0 Å². The number of carbonyl (C=O) groups is 2. The Kier molecular flexibility index (Phi) is 7.96. The van der Waals surface area contributed by atoms with Gasteiger partial charge in [0.1, 0.15) is 23.6 Å². The van der Waals surface area contributed by atoms with E-state index in [1.165, 1.54) is 12.3 Å². The summed E-state index contributed by atoms with van der Waals surface area (Å²) in [6, 6.07) is 14.4. The van der Waals surface area contributed by atoms with Crippen LogP contribution in [0, 0.1) is 5.82 Å². The predicted octanol–water partition coefficient (Wildman–Crippen LogP) is 4.75. The molecule has 2 aliphatic heterocycles. The van der Waals surface area contributed by atoms with Crippen LogP contribution in [0.1, 0.15) is 40.6 Å². The molecule has 1 fully saturated rings. The molecule has 0 bridgehead atoms. The van der Waals surface area contributed by atoms with E-state index in [0.29, 0.717) is 59.3 Å². The molecule has 2 amide bonds. The molecular weight excluding hydrogens is 565 g/mol. The first-order valence-corrected chi connectivity index (χ1v) is 14.7. The van der Waals surface area contributed by atoms with Crippen molar-refractivity contribution < 1.29 is 23.5 Å². The van der Waals surface area contributed by atoms with E-state index in [-0.39, 0.29) is 29.5 Å². The zero-order valence-electron chi connectivity index (χ0n) is 24.9. The minimum atomic E-state index is -0.629. The van der Waals surface area contributed by atoms with Crippen molar-refractivity contribution in [1.29, 1.82) is 0 Å². The molecule has 1 saturated heterocycles. The fourth-order valence-corrected chi connectivity index (χ4v) is 5.61. The number of benzene rings is 3. The summed E-state index contributed by atoms with van der Waals surface area (Å²) in [4.78, 5) is 43.8. The van der Waals surface area contributed by atoms with Gasteiger partial charge in [-0.2, -0.15) is 0 Å². The molecule has 3 heterocycles. The Morgan fingerprint density at radius 2 is 1.61 bits per heavy atom. The van der Waals surface area contributed by atoms with Crippen LogP contribution in [0.2, 0.25) is 0 Å². The number of amides is 2. The molecular formula is C33H34FN5O5. The van der Waals surface area contributed by atoms with Gasteiger partial charge in [0, 0.05) is 49.3 Å². The molecule has 228 valence electrons. The highest BCUT2D eigenvalue weighted by Gasteiger charge is 2.31. The van der Waals surface area contributed by atoms with Crippen molar-refractivity contribution in [3.05, 3.63) is 88.0 Å². The summed E-state index contributed by atoms with van der Waals surface area (Å²) in [6.07, 6.45) is 1.53. The number of nitrogens with zero attached hydrogens (tertiary/aromatic N) is 3. The second-order valence-electron chi connectivity index (χ2n) is 11.1. The summed E-state index contributed by atoms with van der Waals surface area (Å²) >= 11 is 0. The third-order valence-corrected chi connectivity index (χ3v) is 8.03. The standard InChI is InChI=1S/C33H34FN5O5/c1-4-43-24-11-9-23(10-12-24)35-32(41)21-5-7-22(8-6-21)36-33(42)26-18-39-20(2)19-44-31-28(39)25(30(26)40)17-27(34)29(31)38-15-13-37(3)14-16-38/h5-12,17-18,20H,4,13-16,19H2,1-3H3,(H,35,41)(H,36,42). The molecule has 11 heteroatoms. The second kappa shape index (κ2) is 12.0. The number of hydrogen-bond donors (Lipinski definition) is 2. The molecule has 0 saturated carbocycles. The highest BCUT2D eigenvalue weighted by molar-refractivity contribution is 6.08. The third-order valence-electron chi connectivity index (χ3n) is 8.03. The Bertz CT molecular complexity index is 1780. The molecule has 0 spiro atoms. The van der Waals surface area contributed by atoms with Crippen LogP contribution in [0.4, 0.5) is 21.5 Å². The predicted molar refractivity (Wildman–Crippen MR) is 168 cm³/mol. The Labute approximate surface area is 254 Å². The lowest BCUT2D eigenvalue weighted by molar-refractivity contribution is 0.101. The molecule has 2 aliphatic rings. The van der Waals surface area contributed by atoms with Crippen LogP contribution in [-0.2, 0) is 0 Å². The highest BCUT2D eigenvalue weighted by Crippen LogP contribution is 2.42. The van der Waals surface area contributed by atoms with Gasteiger partial charge in [-0.3, -0.25) is 14.4 Å². The van der Waals surface area contributed by atoms with E-state index >= 15 is 4.39 Å². The van der Waals surface area contributed by atoms with Crippen molar-refractivity contribution in [2.45, 2.75) is 19.9 Å². The molecule has 3 aromatic carbocycles. The summed E-state index contributed by atoms with van der Waals surface area (Å²) in [5.41, 5.74) is 1.56. The minimum Gasteiger partial charge on any atom is -0.494 e. The maximum absolute atomic E-state index is 15.6. The van der Waals surface area contributed by atoms with Gasteiger partial charge in [-0.15, -0.1) is 0 Å². The average Bonchev–Trinajstić information content (AvgIpc) is 3.02. The van der Waals surface area contributed by atoms with Crippen molar-refractivity contribution >= 4 is 39.8 Å². The van der Waals surface area contributed by atoms with Gasteiger partial charge in [-0.1, -0.05) is 0 Å². The monoisotopic (exact) mass is 599 g/mol. The van der Waals surface area contributed by atoms with Gasteiger partial charge in [0.05, 0.1) is 23.6 Å². The van der Waals surface area contributed by atoms with Crippen LogP contribution in [-0.4, -0.2) is 67.7 Å². The number of nitrogens with one attached hydrogen (secondary N) is 2. The van der Waals surface area contributed by atoms with E-state index in [1.807, 2.05) is 30.4 Å². The first kappa shape index (κ1) is 29.2. The molecule has 0 aliphatic carbocycles. The number of pyridine rings is 1. The van der Waals surface area contributed by atoms with Gasteiger partial charge in [-0.25, -0.2) is 4.39 Å². The summed E-state index contributed by atoms with van der Waals surface area (Å²) in [6.45, 7) is 7.49. The van der Waals surface area contributed by atoms with Gasteiger partial charge in [0.15, 0.2) is 11.6 Å². The number of piperazine rings is 1. The highest BCUT2D eigenvalue weighted by atomic mass is 19.1. The average molecular weight is 600 g/mol. The molecule has 6 rings (SSSR count). The first-order chi connectivity index (χ1) is 21.2. The summed E-state index contributed by atoms with van der Waals surface area (Å²) in [7, 11) is 2.02. The van der Waals surface area contributed by atoms with E-state index in [1.54, 1.807) is 48.5 Å². The van der Waals surface area contributed by atoms with E-state index in [9.17, 15) is 14.4 Å². The quantitative estimate of drug-likeness (QED) is 0.316. The topological polar surface area (TPSA) is 105 Å². The van der Waals surface area contributed by atoms with Crippen LogP contribution in [0.15, 0.2) is 65.6 Å². The van der Waals surface area contributed by atoms with Crippen molar-refractivity contribution in [1.82, 2.24) is 9.47 Å². The number of hydrogen-bond acceptors (Lipinski definition) is 7. The van der Waals surface area contributed by atoms with E-state index in [4.69, 9.17) is 9.47 Å². The number of likely N-dealkylation sites (N-methyl/N-ethyl adjacent to an activating group) is 1. The first-order valence-electron chi connectivity index (χ1n) is 14.7. The number of aromatic nitrogens is 1. The SMILES string of the molecule is CCOc1ccc(NC(=O)c2ccc(NC(=O)c3cn4c5c(c(N6CCN(C)CC6)c(F)cc5c3=O)OCC4C)cc2)cc1. The lowest BCUT2D eigenvalue weighted by atomic mass is 10.0. The Morgan fingerprint density at radius 3 is 2.27 bits per heavy atom. The van der Waals surface area contributed by atoms with Gasteiger partial charge in [0.25, 0.3) is 11.8 Å². The zero-order chi connectivity index (χ0) is 31.0. The molecule has 1 atom stereocenters. The maximum atomic E-state index is 15.6. The van der Waals surface area contributed by atoms with Crippen LogP contribution in [0.25, 0.3) is 10.9 Å². The molecule has 2 N–H and O–H groups in total. The molecule has 4 aromatic rings. The van der Waals surface area contributed by atoms with Crippen LogP contribution < -0.4 is 30.4 Å². The summed E-state index contributed by atoms with van der Waals surface area (Å²) in [5, 5.41) is 5.66. The fourth-order valence-electron chi connectivity index (χ4n) is 5.61. The lowest BCUT2D eigenvalue weighted by Gasteiger charge is -2.37. The largest absolute Gasteiger partial charge is 0.494 e. The number of carbonyl (C=O) groups excluding carboxylic acids is 2. The van der Waals surface area contributed by atoms with E-state index in [2.05, 4.69) is 15.5 Å². The van der Waals surface area contributed by atoms with Gasteiger partial charge in [-0.05, 0) is 75.5 Å². The van der Waals surface area contributed by atoms with Gasteiger partial charge >= 0.3 is 0 Å². The van der Waals surface area contributed by atoms with Crippen LogP contribution >= 0.6 is 0 Å². The van der Waals surface area contributed by atoms with Crippen LogP contribution in [0.5, 0.6) is 11.5 Å². The maximum Gasteiger partial charge on any atom is 0.261 e. The van der Waals surface area contributed by atoms with Crippen molar-refractivity contribution in [2.75, 3.05) is 62.0 Å². The van der Waals surface area contributed by atoms with Crippen molar-refractivity contribution in [2.24, 2.45) is 0 Å². The Morgan fingerprint density at radius 1 is 0.977 bits per heavy atom. The molecule has 10 nitrogen and oxygen atoms in total. The molecule has 1 aromatic heterocycles. The fraction of sp³-hybridized carbons (Fsp3) is 0.303. The molecule has 1 unspecified atom stereocenters. The Hall–Kier alpha value is -4.90. The Balaban J connectivity index is 1.24. The number of ether oxygens (including phenoxy) is 2. The minimum absolute atomic E-state index is 0.0934. The normalized spacial score (nSPS) is 16.4.